The molecule has 0 saturated carbocycles. The van der Waals surface area contributed by atoms with E-state index in [0.717, 1.165) is 11.0 Å². The molecule has 0 unspecified atom stereocenters. The number of amides is 2. The Morgan fingerprint density at radius 2 is 1.89 bits per heavy atom. The molecule has 8 nitrogen and oxygen atoms in total. The van der Waals surface area contributed by atoms with Crippen LogP contribution >= 0.6 is 0 Å². The summed E-state index contributed by atoms with van der Waals surface area (Å²) in [5.41, 5.74) is 7.28. The van der Waals surface area contributed by atoms with Gasteiger partial charge in [0, 0.05) is 25.1 Å². The SMILES string of the molecule is NC(=O)C1CCN(C(=O)COC(=O)/C=C/c2cnc3ccccc3n2)CC1. The molecule has 2 amide bonds. The standard InChI is InChI=1S/C19H20N4O4/c20-19(26)13-7-9-23(10-8-13)17(24)12-27-18(25)6-5-14-11-21-15-3-1-2-4-16(15)22-14/h1-6,11,13H,7-10,12H2,(H2,20,26)/b6-5+. The van der Waals surface area contributed by atoms with E-state index >= 15 is 0 Å². The van der Waals surface area contributed by atoms with Crippen molar-refractivity contribution in [3.8, 4) is 0 Å². The molecule has 2 aromatic rings. The second kappa shape index (κ2) is 8.39. The number of hydrogen-bond acceptors (Lipinski definition) is 6. The minimum Gasteiger partial charge on any atom is -0.452 e. The Kier molecular flexibility index (Phi) is 5.75. The maximum absolute atomic E-state index is 12.1. The van der Waals surface area contributed by atoms with Gasteiger partial charge in [-0.2, -0.15) is 0 Å². The van der Waals surface area contributed by atoms with E-state index in [0.29, 0.717) is 31.6 Å². The van der Waals surface area contributed by atoms with Crippen LogP contribution < -0.4 is 5.73 Å². The van der Waals surface area contributed by atoms with Crippen LogP contribution in [0.1, 0.15) is 18.5 Å². The van der Waals surface area contributed by atoms with Gasteiger partial charge >= 0.3 is 5.97 Å². The fraction of sp³-hybridized carbons (Fsp3) is 0.316. The van der Waals surface area contributed by atoms with Gasteiger partial charge in [0.15, 0.2) is 6.61 Å². The van der Waals surface area contributed by atoms with E-state index in [9.17, 15) is 14.4 Å². The van der Waals surface area contributed by atoms with E-state index in [-0.39, 0.29) is 24.3 Å². The Labute approximate surface area is 156 Å². The third kappa shape index (κ3) is 4.87. The van der Waals surface area contributed by atoms with Gasteiger partial charge in [-0.05, 0) is 31.1 Å². The van der Waals surface area contributed by atoms with E-state index in [2.05, 4.69) is 9.97 Å². The van der Waals surface area contributed by atoms with Crippen molar-refractivity contribution in [3.05, 3.63) is 42.2 Å². The molecule has 2 N–H and O–H groups in total. The van der Waals surface area contributed by atoms with Crippen LogP contribution in [0.15, 0.2) is 36.5 Å². The average molecular weight is 368 g/mol. The lowest BCUT2D eigenvalue weighted by molar-refractivity contribution is -0.149. The monoisotopic (exact) mass is 368 g/mol. The number of ether oxygens (including phenoxy) is 1. The second-order valence-electron chi connectivity index (χ2n) is 6.28. The summed E-state index contributed by atoms with van der Waals surface area (Å²) in [6.45, 7) is 0.535. The van der Waals surface area contributed by atoms with E-state index in [1.165, 1.54) is 12.2 Å². The second-order valence-corrected chi connectivity index (χ2v) is 6.28. The van der Waals surface area contributed by atoms with E-state index in [1.54, 1.807) is 11.1 Å². The number of carbonyl (C=O) groups is 3. The highest BCUT2D eigenvalue weighted by molar-refractivity contribution is 5.89. The van der Waals surface area contributed by atoms with Gasteiger partial charge in [0.05, 0.1) is 22.9 Å². The molecule has 0 spiro atoms. The van der Waals surface area contributed by atoms with Crippen molar-refractivity contribution in [3.63, 3.8) is 0 Å². The van der Waals surface area contributed by atoms with Crippen LogP contribution in [-0.2, 0) is 19.1 Å². The fourth-order valence-corrected chi connectivity index (χ4v) is 2.89. The van der Waals surface area contributed by atoms with E-state index < -0.39 is 5.97 Å². The number of para-hydroxylation sites is 2. The van der Waals surface area contributed by atoms with Crippen LogP contribution in [0.3, 0.4) is 0 Å². The number of nitrogens with zero attached hydrogens (tertiary/aromatic N) is 3. The highest BCUT2D eigenvalue weighted by Gasteiger charge is 2.26. The number of fused-ring (bicyclic) bond motifs is 1. The Hall–Kier alpha value is -3.29. The van der Waals surface area contributed by atoms with E-state index in [4.69, 9.17) is 10.5 Å². The number of hydrogen-bond donors (Lipinski definition) is 1. The number of carbonyl (C=O) groups excluding carboxylic acids is 3. The van der Waals surface area contributed by atoms with Gasteiger partial charge in [-0.15, -0.1) is 0 Å². The first-order valence-electron chi connectivity index (χ1n) is 8.66. The summed E-state index contributed by atoms with van der Waals surface area (Å²) in [6.07, 6.45) is 5.33. The third-order valence-corrected chi connectivity index (χ3v) is 4.45. The number of piperidine rings is 1. The number of esters is 1. The first-order valence-corrected chi connectivity index (χ1v) is 8.66. The molecule has 27 heavy (non-hydrogen) atoms. The lowest BCUT2D eigenvalue weighted by atomic mass is 9.96. The average Bonchev–Trinajstić information content (AvgIpc) is 2.70. The number of benzene rings is 1. The van der Waals surface area contributed by atoms with Crippen molar-refractivity contribution >= 4 is 34.9 Å². The number of nitrogens with two attached hydrogens (primary N) is 1. The maximum Gasteiger partial charge on any atom is 0.331 e. The smallest absolute Gasteiger partial charge is 0.331 e. The minimum absolute atomic E-state index is 0.192. The Bertz CT molecular complexity index is 888. The van der Waals surface area contributed by atoms with Crippen molar-refractivity contribution < 1.29 is 19.1 Å². The molecule has 3 rings (SSSR count). The highest BCUT2D eigenvalue weighted by atomic mass is 16.5. The van der Waals surface area contributed by atoms with Gasteiger partial charge in [0.25, 0.3) is 5.91 Å². The molecule has 2 heterocycles. The number of primary amides is 1. The molecule has 1 aliphatic rings. The summed E-state index contributed by atoms with van der Waals surface area (Å²) in [4.78, 5) is 45.2. The van der Waals surface area contributed by atoms with Crippen LogP contribution in [0.25, 0.3) is 17.1 Å². The van der Waals surface area contributed by atoms with Crippen molar-refractivity contribution in [2.45, 2.75) is 12.8 Å². The molecule has 1 saturated heterocycles. The van der Waals surface area contributed by atoms with Crippen LogP contribution in [-0.4, -0.2) is 52.3 Å². The molecule has 8 heteroatoms. The molecular formula is C19H20N4O4. The van der Waals surface area contributed by atoms with Gasteiger partial charge in [-0.1, -0.05) is 12.1 Å². The van der Waals surface area contributed by atoms with Crippen LogP contribution in [0.2, 0.25) is 0 Å². The van der Waals surface area contributed by atoms with Crippen molar-refractivity contribution in [2.75, 3.05) is 19.7 Å². The summed E-state index contributed by atoms with van der Waals surface area (Å²) in [5.74, 6) is -1.45. The Balaban J connectivity index is 1.48. The topological polar surface area (TPSA) is 115 Å². The summed E-state index contributed by atoms with van der Waals surface area (Å²) in [7, 11) is 0. The highest BCUT2D eigenvalue weighted by Crippen LogP contribution is 2.16. The quantitative estimate of drug-likeness (QED) is 0.619. The zero-order valence-corrected chi connectivity index (χ0v) is 14.7. The predicted molar refractivity (Wildman–Crippen MR) is 98.0 cm³/mol. The molecule has 0 aliphatic carbocycles. The van der Waals surface area contributed by atoms with Crippen LogP contribution in [0.4, 0.5) is 0 Å². The summed E-state index contributed by atoms with van der Waals surface area (Å²) < 4.78 is 4.98. The van der Waals surface area contributed by atoms with Crippen molar-refractivity contribution in [1.29, 1.82) is 0 Å². The molecular weight excluding hydrogens is 348 g/mol. The van der Waals surface area contributed by atoms with Crippen molar-refractivity contribution in [2.24, 2.45) is 11.7 Å². The zero-order chi connectivity index (χ0) is 19.2. The number of aromatic nitrogens is 2. The Morgan fingerprint density at radius 1 is 1.19 bits per heavy atom. The van der Waals surface area contributed by atoms with Crippen molar-refractivity contribution in [1.82, 2.24) is 14.9 Å². The minimum atomic E-state index is -0.634. The largest absolute Gasteiger partial charge is 0.452 e. The molecule has 0 radical (unpaired) electrons. The van der Waals surface area contributed by atoms with E-state index in [1.807, 2.05) is 24.3 Å². The van der Waals surface area contributed by atoms with Gasteiger partial charge in [0.2, 0.25) is 5.91 Å². The Morgan fingerprint density at radius 3 is 2.59 bits per heavy atom. The van der Waals surface area contributed by atoms with Gasteiger partial charge in [0.1, 0.15) is 0 Å². The summed E-state index contributed by atoms with van der Waals surface area (Å²) in [6, 6.07) is 7.41. The van der Waals surface area contributed by atoms with Gasteiger partial charge in [-0.3, -0.25) is 14.6 Å². The molecule has 140 valence electrons. The van der Waals surface area contributed by atoms with Gasteiger partial charge in [-0.25, -0.2) is 9.78 Å². The lowest BCUT2D eigenvalue weighted by Crippen LogP contribution is -2.43. The normalized spacial score (nSPS) is 15.2. The molecule has 1 fully saturated rings. The van der Waals surface area contributed by atoms with Crippen LogP contribution in [0.5, 0.6) is 0 Å². The first-order chi connectivity index (χ1) is 13.0. The molecule has 1 aliphatic heterocycles. The summed E-state index contributed by atoms with van der Waals surface area (Å²) >= 11 is 0. The lowest BCUT2D eigenvalue weighted by Gasteiger charge is -2.30. The molecule has 1 aromatic carbocycles. The van der Waals surface area contributed by atoms with Crippen LogP contribution in [0, 0.1) is 5.92 Å². The number of likely N-dealkylation sites (tertiary alicyclic amines) is 1. The first kappa shape index (κ1) is 18.5. The summed E-state index contributed by atoms with van der Waals surface area (Å²) in [5, 5.41) is 0. The molecule has 0 atom stereocenters. The zero-order valence-electron chi connectivity index (χ0n) is 14.7. The van der Waals surface area contributed by atoms with Gasteiger partial charge < -0.3 is 15.4 Å². The fourth-order valence-electron chi connectivity index (χ4n) is 2.89. The third-order valence-electron chi connectivity index (χ3n) is 4.45. The number of rotatable bonds is 5. The predicted octanol–water partition coefficient (Wildman–Crippen LogP) is 0.910. The molecule has 0 bridgehead atoms. The molecule has 1 aromatic heterocycles. The maximum atomic E-state index is 12.1.